The molecule has 0 heterocycles. The maximum absolute atomic E-state index is 12.3. The molecular formula is C22H28N2OS. The lowest BCUT2D eigenvalue weighted by molar-refractivity contribution is 0.0976. The molecule has 0 spiro atoms. The Morgan fingerprint density at radius 3 is 2.23 bits per heavy atom. The summed E-state index contributed by atoms with van der Waals surface area (Å²) in [4.78, 5) is 12.3. The highest BCUT2D eigenvalue weighted by molar-refractivity contribution is 7.80. The highest BCUT2D eigenvalue weighted by Crippen LogP contribution is 2.22. The standard InChI is InChI=1S/C22H28N2OS/c1-22(2,3)19-14-12-18(13-15-19)20(25)24-21(26)23-16-8-7-11-17-9-5-4-6-10-17/h4-6,9-10,12-15H,7-8,11,16H2,1-3H3,(H2,23,24,25,26). The van der Waals surface area contributed by atoms with Crippen LogP contribution in [0.4, 0.5) is 0 Å². The molecule has 0 fully saturated rings. The van der Waals surface area contributed by atoms with E-state index in [0.717, 1.165) is 25.8 Å². The summed E-state index contributed by atoms with van der Waals surface area (Å²) in [6, 6.07) is 18.1. The maximum atomic E-state index is 12.3. The Hall–Kier alpha value is -2.20. The van der Waals surface area contributed by atoms with E-state index in [1.54, 1.807) is 0 Å². The van der Waals surface area contributed by atoms with E-state index < -0.39 is 0 Å². The van der Waals surface area contributed by atoms with Crippen LogP contribution in [0.15, 0.2) is 54.6 Å². The molecule has 0 aliphatic carbocycles. The van der Waals surface area contributed by atoms with E-state index in [0.29, 0.717) is 10.7 Å². The van der Waals surface area contributed by atoms with E-state index in [4.69, 9.17) is 12.2 Å². The van der Waals surface area contributed by atoms with Gasteiger partial charge in [-0.05, 0) is 60.2 Å². The van der Waals surface area contributed by atoms with Crippen molar-refractivity contribution >= 4 is 23.2 Å². The van der Waals surface area contributed by atoms with Crippen LogP contribution in [0, 0.1) is 0 Å². The number of benzene rings is 2. The topological polar surface area (TPSA) is 41.1 Å². The number of rotatable bonds is 6. The molecule has 0 atom stereocenters. The Morgan fingerprint density at radius 2 is 1.62 bits per heavy atom. The van der Waals surface area contributed by atoms with Gasteiger partial charge in [0, 0.05) is 12.1 Å². The second kappa shape index (κ2) is 9.48. The number of hydrogen-bond donors (Lipinski definition) is 2. The van der Waals surface area contributed by atoms with Crippen LogP contribution in [0.3, 0.4) is 0 Å². The molecule has 2 aromatic carbocycles. The number of hydrogen-bond acceptors (Lipinski definition) is 2. The molecule has 4 heteroatoms. The van der Waals surface area contributed by atoms with Gasteiger partial charge in [-0.2, -0.15) is 0 Å². The maximum Gasteiger partial charge on any atom is 0.257 e. The van der Waals surface area contributed by atoms with Crippen molar-refractivity contribution in [1.29, 1.82) is 0 Å². The van der Waals surface area contributed by atoms with Crippen molar-refractivity contribution in [3.05, 3.63) is 71.3 Å². The zero-order valence-corrected chi connectivity index (χ0v) is 16.7. The Labute approximate surface area is 162 Å². The first-order valence-corrected chi connectivity index (χ1v) is 9.51. The molecule has 0 radical (unpaired) electrons. The van der Waals surface area contributed by atoms with Crippen molar-refractivity contribution in [2.45, 2.75) is 45.4 Å². The molecule has 1 amide bonds. The number of aryl methyl sites for hydroxylation is 1. The average Bonchev–Trinajstić information content (AvgIpc) is 2.61. The minimum absolute atomic E-state index is 0.0750. The van der Waals surface area contributed by atoms with Crippen molar-refractivity contribution in [2.24, 2.45) is 0 Å². The molecule has 0 bridgehead atoms. The zero-order chi connectivity index (χ0) is 19.0. The van der Waals surface area contributed by atoms with Gasteiger partial charge in [0.25, 0.3) is 5.91 Å². The number of nitrogens with one attached hydrogen (secondary N) is 2. The third-order valence-corrected chi connectivity index (χ3v) is 4.51. The summed E-state index contributed by atoms with van der Waals surface area (Å²) in [5.74, 6) is -0.174. The van der Waals surface area contributed by atoms with E-state index in [-0.39, 0.29) is 11.3 Å². The fraction of sp³-hybridized carbons (Fsp3) is 0.364. The van der Waals surface area contributed by atoms with Crippen LogP contribution < -0.4 is 10.6 Å². The predicted octanol–water partition coefficient (Wildman–Crippen LogP) is 4.61. The van der Waals surface area contributed by atoms with Gasteiger partial charge in [-0.15, -0.1) is 0 Å². The molecule has 0 unspecified atom stereocenters. The first kappa shape index (κ1) is 20.1. The van der Waals surface area contributed by atoms with Gasteiger partial charge in [0.15, 0.2) is 5.11 Å². The quantitative estimate of drug-likeness (QED) is 0.578. The van der Waals surface area contributed by atoms with Gasteiger partial charge in [-0.1, -0.05) is 63.2 Å². The van der Waals surface area contributed by atoms with Crippen LogP contribution in [-0.4, -0.2) is 17.6 Å². The van der Waals surface area contributed by atoms with Crippen LogP contribution in [-0.2, 0) is 11.8 Å². The van der Waals surface area contributed by atoms with Crippen LogP contribution in [0.2, 0.25) is 0 Å². The molecule has 2 N–H and O–H groups in total. The van der Waals surface area contributed by atoms with Gasteiger partial charge in [-0.25, -0.2) is 0 Å². The minimum atomic E-state index is -0.174. The Morgan fingerprint density at radius 1 is 0.962 bits per heavy atom. The Kier molecular flexibility index (Phi) is 7.34. The summed E-state index contributed by atoms with van der Waals surface area (Å²) in [6.45, 7) is 7.21. The third kappa shape index (κ3) is 6.60. The summed E-state index contributed by atoms with van der Waals surface area (Å²) in [7, 11) is 0. The van der Waals surface area contributed by atoms with Crippen LogP contribution in [0.1, 0.15) is 55.1 Å². The first-order chi connectivity index (χ1) is 12.4. The fourth-order valence-corrected chi connectivity index (χ4v) is 2.84. The monoisotopic (exact) mass is 368 g/mol. The first-order valence-electron chi connectivity index (χ1n) is 9.10. The van der Waals surface area contributed by atoms with E-state index in [9.17, 15) is 4.79 Å². The molecule has 0 aliphatic heterocycles. The lowest BCUT2D eigenvalue weighted by atomic mass is 9.87. The van der Waals surface area contributed by atoms with Crippen molar-refractivity contribution in [3.8, 4) is 0 Å². The molecule has 0 saturated heterocycles. The number of thiocarbonyl (C=S) groups is 1. The molecular weight excluding hydrogens is 340 g/mol. The smallest absolute Gasteiger partial charge is 0.257 e. The highest BCUT2D eigenvalue weighted by atomic mass is 32.1. The van der Waals surface area contributed by atoms with Gasteiger partial charge in [0.05, 0.1) is 0 Å². The summed E-state index contributed by atoms with van der Waals surface area (Å²) in [6.07, 6.45) is 3.15. The molecule has 2 rings (SSSR count). The number of carbonyl (C=O) groups is 1. The second-order valence-corrected chi connectivity index (χ2v) is 7.89. The van der Waals surface area contributed by atoms with Crippen molar-refractivity contribution in [1.82, 2.24) is 10.6 Å². The molecule has 0 saturated carbocycles. The molecule has 2 aromatic rings. The lowest BCUT2D eigenvalue weighted by Crippen LogP contribution is -2.39. The predicted molar refractivity (Wildman–Crippen MR) is 113 cm³/mol. The van der Waals surface area contributed by atoms with E-state index >= 15 is 0 Å². The second-order valence-electron chi connectivity index (χ2n) is 7.48. The van der Waals surface area contributed by atoms with Gasteiger partial charge in [0.1, 0.15) is 0 Å². The highest BCUT2D eigenvalue weighted by Gasteiger charge is 2.14. The summed E-state index contributed by atoms with van der Waals surface area (Å²) in [5, 5.41) is 6.23. The number of amides is 1. The molecule has 3 nitrogen and oxygen atoms in total. The number of carbonyl (C=O) groups excluding carboxylic acids is 1. The number of unbranched alkanes of at least 4 members (excludes halogenated alkanes) is 1. The zero-order valence-electron chi connectivity index (χ0n) is 15.8. The normalized spacial score (nSPS) is 11.0. The van der Waals surface area contributed by atoms with Crippen LogP contribution in [0.25, 0.3) is 0 Å². The minimum Gasteiger partial charge on any atom is -0.362 e. The lowest BCUT2D eigenvalue weighted by Gasteiger charge is -2.19. The molecule has 0 aromatic heterocycles. The summed E-state index contributed by atoms with van der Waals surface area (Å²) in [5.41, 5.74) is 3.24. The fourth-order valence-electron chi connectivity index (χ4n) is 2.64. The van der Waals surface area contributed by atoms with Gasteiger partial charge in [-0.3, -0.25) is 10.1 Å². The van der Waals surface area contributed by atoms with Crippen molar-refractivity contribution in [2.75, 3.05) is 6.54 Å². The van der Waals surface area contributed by atoms with E-state index in [1.165, 1.54) is 11.1 Å². The van der Waals surface area contributed by atoms with Crippen LogP contribution >= 0.6 is 12.2 Å². The Balaban J connectivity index is 1.69. The SMILES string of the molecule is CC(C)(C)c1ccc(C(=O)NC(=S)NCCCCc2ccccc2)cc1. The van der Waals surface area contributed by atoms with Gasteiger partial charge < -0.3 is 5.32 Å². The third-order valence-electron chi connectivity index (χ3n) is 4.26. The van der Waals surface area contributed by atoms with Crippen molar-refractivity contribution < 1.29 is 4.79 Å². The van der Waals surface area contributed by atoms with Gasteiger partial charge >= 0.3 is 0 Å². The molecule has 26 heavy (non-hydrogen) atoms. The molecule has 0 aliphatic rings. The Bertz CT molecular complexity index is 718. The molecule has 138 valence electrons. The van der Waals surface area contributed by atoms with Crippen LogP contribution in [0.5, 0.6) is 0 Å². The van der Waals surface area contributed by atoms with E-state index in [1.807, 2.05) is 30.3 Å². The van der Waals surface area contributed by atoms with Gasteiger partial charge in [0.2, 0.25) is 0 Å². The summed E-state index contributed by atoms with van der Waals surface area (Å²) < 4.78 is 0. The van der Waals surface area contributed by atoms with E-state index in [2.05, 4.69) is 55.7 Å². The van der Waals surface area contributed by atoms with Crippen molar-refractivity contribution in [3.63, 3.8) is 0 Å². The summed E-state index contributed by atoms with van der Waals surface area (Å²) >= 11 is 5.22. The average molecular weight is 369 g/mol. The largest absolute Gasteiger partial charge is 0.362 e.